The number of alkyl halides is 1. The first-order chi connectivity index (χ1) is 55.4. The summed E-state index contributed by atoms with van der Waals surface area (Å²) >= 11 is 9.99. The van der Waals surface area contributed by atoms with Gasteiger partial charge in [0.1, 0.15) is 16.7 Å². The number of fused-ring (bicyclic) bond motifs is 11. The minimum Gasteiger partial charge on any atom is -0.464 e. The highest BCUT2D eigenvalue weighted by atomic mass is 35.5. The van der Waals surface area contributed by atoms with Crippen LogP contribution in [0.2, 0.25) is 0 Å². The molecule has 0 bridgehead atoms. The number of nitrogens with zero attached hydrogens (tertiary/aromatic N) is 1. The summed E-state index contributed by atoms with van der Waals surface area (Å²) in [5.41, 5.74) is 14.6. The molecule has 7 unspecified atom stereocenters. The molecule has 10 aromatic carbocycles. The van der Waals surface area contributed by atoms with E-state index in [0.29, 0.717) is 29.6 Å². The Morgan fingerprint density at radius 1 is 0.386 bits per heavy atom. The van der Waals surface area contributed by atoms with Crippen molar-refractivity contribution in [3.8, 4) is 6.07 Å². The van der Waals surface area contributed by atoms with Crippen LogP contribution in [0.15, 0.2) is 257 Å². The van der Waals surface area contributed by atoms with E-state index in [1.807, 2.05) is 207 Å². The molecule has 0 saturated carbocycles. The van der Waals surface area contributed by atoms with E-state index in [2.05, 4.69) is 262 Å². The molecule has 5 heterocycles. The molecule has 0 fully saturated rings. The number of aromatic nitrogens is 1. The van der Waals surface area contributed by atoms with Crippen LogP contribution in [0.5, 0.6) is 0 Å². The van der Waals surface area contributed by atoms with E-state index in [1.54, 1.807) is 6.26 Å². The molecule has 15 rings (SSSR count). The molecule has 1 N–H and O–H groups in total. The van der Waals surface area contributed by atoms with Crippen LogP contribution in [0.1, 0.15) is 307 Å². The average molecular weight is 1590 g/mol. The second-order valence-electron chi connectivity index (χ2n) is 27.2. The van der Waals surface area contributed by atoms with Crippen molar-refractivity contribution < 1.29 is 8.83 Å². The molecule has 0 aliphatic rings. The smallest absolute Gasteiger partial charge is 0.135 e. The zero-order chi connectivity index (χ0) is 85.3. The third kappa shape index (κ3) is 28.6. The van der Waals surface area contributed by atoms with Crippen molar-refractivity contribution in [2.75, 3.05) is 0 Å². The molecule has 0 spiro atoms. The van der Waals surface area contributed by atoms with E-state index in [9.17, 15) is 0 Å². The summed E-state index contributed by atoms with van der Waals surface area (Å²) in [5, 5.41) is 21.7. The number of furan rings is 2. The van der Waals surface area contributed by atoms with Crippen LogP contribution in [-0.2, 0) is 10.3 Å². The van der Waals surface area contributed by atoms with Crippen molar-refractivity contribution in [1.29, 1.82) is 5.26 Å². The molecule has 0 radical (unpaired) electrons. The molecule has 114 heavy (non-hydrogen) atoms. The fraction of sp³-hybridized carbons (Fsp3) is 0.393. The van der Waals surface area contributed by atoms with Gasteiger partial charge in [-0.05, 0) is 193 Å². The van der Waals surface area contributed by atoms with Crippen molar-refractivity contribution >= 4 is 119 Å². The normalized spacial score (nSPS) is 12.5. The third-order valence-corrected chi connectivity index (χ3v) is 23.2. The predicted octanol–water partition coefficient (Wildman–Crippen LogP) is 37.5. The quantitative estimate of drug-likeness (QED) is 0.110. The van der Waals surface area contributed by atoms with Crippen molar-refractivity contribution in [2.24, 2.45) is 0 Å². The van der Waals surface area contributed by atoms with Gasteiger partial charge in [-0.3, -0.25) is 0 Å². The molecule has 7 atom stereocenters. The summed E-state index contributed by atoms with van der Waals surface area (Å²) in [5.74, 6) is 3.15. The van der Waals surface area contributed by atoms with Gasteiger partial charge in [-0.1, -0.05) is 362 Å². The van der Waals surface area contributed by atoms with E-state index in [-0.39, 0.29) is 10.3 Å². The lowest BCUT2D eigenvalue weighted by Crippen LogP contribution is -2.17. The second-order valence-corrected chi connectivity index (χ2v) is 30.0. The summed E-state index contributed by atoms with van der Waals surface area (Å²) < 4.78 is 15.5. The number of H-pyrrole nitrogens is 1. The maximum atomic E-state index is 8.99. The number of aromatic amines is 1. The first kappa shape index (κ1) is 101. The number of nitriles is 1. The van der Waals surface area contributed by atoms with Gasteiger partial charge in [0.25, 0.3) is 0 Å². The number of thiophene rings is 2. The van der Waals surface area contributed by atoms with Crippen molar-refractivity contribution in [3.63, 3.8) is 0 Å². The Morgan fingerprint density at radius 2 is 0.842 bits per heavy atom. The third-order valence-electron chi connectivity index (χ3n) is 20.6. The molecule has 614 valence electrons. The molecule has 0 saturated heterocycles. The zero-order valence-corrected chi connectivity index (χ0v) is 77.9. The number of halogens is 1. The zero-order valence-electron chi connectivity index (χ0n) is 75.5. The van der Waals surface area contributed by atoms with Gasteiger partial charge in [0.2, 0.25) is 0 Å². The van der Waals surface area contributed by atoms with Crippen molar-refractivity contribution in [3.05, 3.63) is 287 Å². The fourth-order valence-corrected chi connectivity index (χ4v) is 14.6. The second kappa shape index (κ2) is 55.7. The lowest BCUT2D eigenvalue weighted by molar-refractivity contribution is 0.587. The molecule has 0 aliphatic heterocycles. The van der Waals surface area contributed by atoms with Crippen LogP contribution in [0.4, 0.5) is 0 Å². The number of benzene rings is 10. The van der Waals surface area contributed by atoms with Crippen molar-refractivity contribution in [2.45, 2.75) is 279 Å². The number of nitrogens with one attached hydrogen (secondary N) is 1. The Bertz CT molecular complexity index is 4950. The van der Waals surface area contributed by atoms with Crippen LogP contribution in [0, 0.1) is 11.3 Å². The Hall–Kier alpha value is -8.70. The molecule has 7 heteroatoms. The van der Waals surface area contributed by atoms with E-state index in [0.717, 1.165) is 41.6 Å². The van der Waals surface area contributed by atoms with Gasteiger partial charge < -0.3 is 13.8 Å². The maximum absolute atomic E-state index is 8.99. The van der Waals surface area contributed by atoms with Gasteiger partial charge in [-0.2, -0.15) is 5.26 Å². The van der Waals surface area contributed by atoms with Crippen LogP contribution in [0.25, 0.3) is 85.0 Å². The molecule has 15 aromatic rings. The Kier molecular flexibility index (Phi) is 49.6. The summed E-state index contributed by atoms with van der Waals surface area (Å²) in [6, 6.07) is 85.3. The minimum atomic E-state index is -0.318. The number of para-hydroxylation sites is 2. The average Bonchev–Trinajstić information content (AvgIpc) is 1.63. The Balaban J connectivity index is 0.000000442. The van der Waals surface area contributed by atoms with Gasteiger partial charge >= 0.3 is 0 Å². The molecule has 4 nitrogen and oxygen atoms in total. The maximum Gasteiger partial charge on any atom is 0.135 e. The van der Waals surface area contributed by atoms with Crippen LogP contribution in [-0.4, -0.2) is 4.98 Å². The predicted molar refractivity (Wildman–Crippen MR) is 519 cm³/mol. The lowest BCUT2D eigenvalue weighted by atomic mass is 9.82. The van der Waals surface area contributed by atoms with Gasteiger partial charge in [0.15, 0.2) is 0 Å². The fourth-order valence-electron chi connectivity index (χ4n) is 12.4. The van der Waals surface area contributed by atoms with Gasteiger partial charge in [0.05, 0.1) is 22.6 Å². The van der Waals surface area contributed by atoms with Crippen LogP contribution >= 0.6 is 34.3 Å². The first-order valence-electron chi connectivity index (χ1n) is 43.4. The summed E-state index contributed by atoms with van der Waals surface area (Å²) in [7, 11) is 0. The largest absolute Gasteiger partial charge is 0.464 e. The van der Waals surface area contributed by atoms with Crippen molar-refractivity contribution in [1.82, 2.24) is 4.98 Å². The van der Waals surface area contributed by atoms with E-state index in [1.165, 1.54) is 127 Å². The number of rotatable bonds is 14. The highest BCUT2D eigenvalue weighted by Crippen LogP contribution is 2.40. The SMILES string of the molecule is CC.CC.CC.CC.CC.CC.CC.CCC(C)(C#N)c1ccccc1.CCC(C)(Cl)c1ccccc1.CCC(C)c1ccc2c(c1)oc1ccccc12.CCC(C)c1ccc2ccoc2c1.CCC(C)c1ccc2sccc2c1.CCC(C)c1cccc2[nH]c3ccccc3c12.CCC(C)c1cccc2c1sc1ccccc12. The highest BCUT2D eigenvalue weighted by Gasteiger charge is 2.24. The standard InChI is InChI=1S/C16H17N.C16H16O.C16H16S.C12H14O.C12H14S.C11H13N.C10H13Cl.7C2H6/c1-3-11(2)12-8-6-10-15-16(12)13-7-4-5-9-14(13)17-15;1-3-11(2)12-8-9-14-13-6-4-5-7-15(13)17-16(14)10-12;1-3-11(2)12-8-6-9-14-13-7-4-5-10-15(13)17-16(12)14;1-3-9(2)11-5-4-10-6-7-13-12(10)8-11;1-3-9(2)10-4-5-12-11(8-10)6-7-13-12;1-3-11(2,9-12)10-7-5-4-6-8-10;1-3-10(2,11)9-7-5-4-6-8-9;7*1-2/h4-11,17H,3H2,1-2H3;2*4-11H,3H2,1-2H3;2*4-9H,3H2,1-2H3;4-8H,3H2,1-2H3;4-8H,3H2,1-2H3;7*1-2H3. The number of hydrogen-bond acceptors (Lipinski definition) is 5. The Labute approximate surface area is 705 Å². The highest BCUT2D eigenvalue weighted by molar-refractivity contribution is 7.26. The topological polar surface area (TPSA) is 65.9 Å². The minimum absolute atomic E-state index is 0.193. The molecular weight excluding hydrogens is 1440 g/mol. The molecule has 0 aliphatic carbocycles. The summed E-state index contributed by atoms with van der Waals surface area (Å²) in [6.45, 7) is 58.7. The Morgan fingerprint density at radius 3 is 1.41 bits per heavy atom. The molecular formula is C107H145ClN2O2S2. The van der Waals surface area contributed by atoms with Crippen LogP contribution in [0.3, 0.4) is 0 Å². The summed E-state index contributed by atoms with van der Waals surface area (Å²) in [6.07, 6.45) is 9.48. The van der Waals surface area contributed by atoms with E-state index >= 15 is 0 Å². The first-order valence-corrected chi connectivity index (χ1v) is 45.5. The summed E-state index contributed by atoms with van der Waals surface area (Å²) in [4.78, 5) is 3.30. The monoisotopic (exact) mass is 1590 g/mol. The van der Waals surface area contributed by atoms with Crippen LogP contribution < -0.4 is 0 Å². The van der Waals surface area contributed by atoms with Gasteiger partial charge in [0, 0.05) is 62.8 Å². The molecule has 5 aromatic heterocycles. The van der Waals surface area contributed by atoms with E-state index in [4.69, 9.17) is 25.7 Å². The van der Waals surface area contributed by atoms with Gasteiger partial charge in [-0.15, -0.1) is 34.3 Å². The van der Waals surface area contributed by atoms with E-state index < -0.39 is 0 Å². The lowest BCUT2D eigenvalue weighted by Gasteiger charge is -2.19. The molecule has 0 amide bonds. The van der Waals surface area contributed by atoms with Gasteiger partial charge in [-0.25, -0.2) is 0 Å². The number of hydrogen-bond donors (Lipinski definition) is 1.